The predicted molar refractivity (Wildman–Crippen MR) is 63.0 cm³/mol. The van der Waals surface area contributed by atoms with Crippen molar-refractivity contribution in [3.63, 3.8) is 0 Å². The van der Waals surface area contributed by atoms with Gasteiger partial charge in [-0.1, -0.05) is 0 Å². The molecule has 1 rings (SSSR count). The first-order valence-electron chi connectivity index (χ1n) is 4.89. The monoisotopic (exact) mass is 253 g/mol. The molecule has 0 radical (unpaired) electrons. The van der Waals surface area contributed by atoms with E-state index in [1.54, 1.807) is 12.1 Å². The summed E-state index contributed by atoms with van der Waals surface area (Å²) in [5.41, 5.74) is 1.82. The van der Waals surface area contributed by atoms with Gasteiger partial charge in [0.15, 0.2) is 0 Å². The molecule has 0 aliphatic heterocycles. The molecule has 1 aromatic carbocycles. The smallest absolute Gasteiger partial charge is 0.309 e. The van der Waals surface area contributed by atoms with Crippen LogP contribution >= 0.6 is 11.6 Å². The zero-order valence-electron chi connectivity index (χ0n) is 9.62. The van der Waals surface area contributed by atoms with Crippen molar-refractivity contribution in [2.45, 2.75) is 12.3 Å². The first-order chi connectivity index (χ1) is 8.15. The van der Waals surface area contributed by atoms with Crippen molar-refractivity contribution in [2.75, 3.05) is 14.2 Å². The van der Waals surface area contributed by atoms with Crippen LogP contribution in [0.5, 0.6) is 5.75 Å². The molecular formula is C12H12ClNO3. The van der Waals surface area contributed by atoms with Gasteiger partial charge < -0.3 is 9.47 Å². The van der Waals surface area contributed by atoms with Gasteiger partial charge >= 0.3 is 5.97 Å². The summed E-state index contributed by atoms with van der Waals surface area (Å²) in [6, 6.07) is 5.28. The Kier molecular flexibility index (Phi) is 4.80. The maximum Gasteiger partial charge on any atom is 0.309 e. The van der Waals surface area contributed by atoms with Gasteiger partial charge in [-0.15, -0.1) is 11.6 Å². The van der Waals surface area contributed by atoms with Gasteiger partial charge in [-0.3, -0.25) is 4.79 Å². The molecule has 0 unspecified atom stereocenters. The van der Waals surface area contributed by atoms with Gasteiger partial charge in [0.25, 0.3) is 0 Å². The van der Waals surface area contributed by atoms with Crippen LogP contribution in [0.1, 0.15) is 16.7 Å². The fourth-order valence-corrected chi connectivity index (χ4v) is 1.69. The highest BCUT2D eigenvalue weighted by Gasteiger charge is 2.13. The van der Waals surface area contributed by atoms with Crippen LogP contribution in [0.15, 0.2) is 12.1 Å². The normalized spacial score (nSPS) is 9.53. The number of carbonyl (C=O) groups is 1. The van der Waals surface area contributed by atoms with Gasteiger partial charge in [-0.25, -0.2) is 0 Å². The number of hydrogen-bond acceptors (Lipinski definition) is 4. The van der Waals surface area contributed by atoms with Crippen molar-refractivity contribution in [1.29, 1.82) is 5.26 Å². The molecule has 1 aromatic rings. The lowest BCUT2D eigenvalue weighted by atomic mass is 10.0. The van der Waals surface area contributed by atoms with Crippen LogP contribution < -0.4 is 4.74 Å². The molecule has 0 saturated heterocycles. The molecule has 5 heteroatoms. The summed E-state index contributed by atoms with van der Waals surface area (Å²) in [7, 11) is 2.80. The second-order valence-electron chi connectivity index (χ2n) is 3.32. The standard InChI is InChI=1S/C12H12ClNO3/c1-16-11-4-9(6-13)8(3-10(11)7-14)5-12(15)17-2/h3-4H,5-6H2,1-2H3. The van der Waals surface area contributed by atoms with Crippen LogP contribution in [0.4, 0.5) is 0 Å². The summed E-state index contributed by atoms with van der Waals surface area (Å²) in [5.74, 6) is 0.330. The first kappa shape index (κ1) is 13.3. The van der Waals surface area contributed by atoms with E-state index in [4.69, 9.17) is 21.6 Å². The molecule has 0 fully saturated rings. The summed E-state index contributed by atoms with van der Waals surface area (Å²) in [5, 5.41) is 8.95. The van der Waals surface area contributed by atoms with Gasteiger partial charge in [-0.2, -0.15) is 5.26 Å². The fraction of sp³-hybridized carbons (Fsp3) is 0.333. The minimum Gasteiger partial charge on any atom is -0.495 e. The number of methoxy groups -OCH3 is 2. The Bertz CT molecular complexity index is 466. The van der Waals surface area contributed by atoms with Crippen LogP contribution in [0.25, 0.3) is 0 Å². The predicted octanol–water partition coefficient (Wildman–Crippen LogP) is 2.02. The highest BCUT2D eigenvalue weighted by Crippen LogP contribution is 2.25. The van der Waals surface area contributed by atoms with E-state index < -0.39 is 0 Å². The fourth-order valence-electron chi connectivity index (χ4n) is 1.44. The average molecular weight is 254 g/mol. The molecule has 4 nitrogen and oxygen atoms in total. The highest BCUT2D eigenvalue weighted by molar-refractivity contribution is 6.17. The third-order valence-electron chi connectivity index (χ3n) is 2.35. The number of halogens is 1. The maximum absolute atomic E-state index is 11.2. The molecule has 0 heterocycles. The number of nitriles is 1. The third kappa shape index (κ3) is 3.11. The molecule has 0 saturated carbocycles. The second-order valence-corrected chi connectivity index (χ2v) is 3.59. The van der Waals surface area contributed by atoms with Gasteiger partial charge in [0.2, 0.25) is 0 Å². The summed E-state index contributed by atoms with van der Waals surface area (Å²) in [4.78, 5) is 11.2. The number of benzene rings is 1. The van der Waals surface area contributed by atoms with Crippen LogP contribution in [0.3, 0.4) is 0 Å². The Morgan fingerprint density at radius 3 is 2.59 bits per heavy atom. The summed E-state index contributed by atoms with van der Waals surface area (Å²) < 4.78 is 9.66. The number of alkyl halides is 1. The van der Waals surface area contributed by atoms with E-state index in [2.05, 4.69) is 4.74 Å². The van der Waals surface area contributed by atoms with Crippen LogP contribution in [0, 0.1) is 11.3 Å². The van der Waals surface area contributed by atoms with E-state index in [-0.39, 0.29) is 18.3 Å². The molecule has 90 valence electrons. The molecular weight excluding hydrogens is 242 g/mol. The van der Waals surface area contributed by atoms with E-state index in [9.17, 15) is 4.79 Å². The van der Waals surface area contributed by atoms with Crippen LogP contribution in [0.2, 0.25) is 0 Å². The van der Waals surface area contributed by atoms with Gasteiger partial charge in [0.1, 0.15) is 11.8 Å². The molecule has 17 heavy (non-hydrogen) atoms. The average Bonchev–Trinajstić information content (AvgIpc) is 2.37. The number of ether oxygens (including phenoxy) is 2. The van der Waals surface area contributed by atoms with Crippen molar-refractivity contribution in [2.24, 2.45) is 0 Å². The molecule has 0 aliphatic rings. The van der Waals surface area contributed by atoms with E-state index in [0.717, 1.165) is 5.56 Å². The number of carbonyl (C=O) groups excluding carboxylic acids is 1. The summed E-state index contributed by atoms with van der Waals surface area (Å²) in [6.07, 6.45) is 0.0945. The molecule has 0 atom stereocenters. The Morgan fingerprint density at radius 1 is 1.41 bits per heavy atom. The first-order valence-corrected chi connectivity index (χ1v) is 5.42. The lowest BCUT2D eigenvalue weighted by molar-refractivity contribution is -0.139. The Labute approximate surface area is 105 Å². The summed E-state index contributed by atoms with van der Waals surface area (Å²) in [6.45, 7) is 0. The number of esters is 1. The molecule has 0 N–H and O–H groups in total. The van der Waals surface area contributed by atoms with Crippen molar-refractivity contribution >= 4 is 17.6 Å². The van der Waals surface area contributed by atoms with Crippen molar-refractivity contribution in [1.82, 2.24) is 0 Å². The SMILES string of the molecule is COC(=O)Cc1cc(C#N)c(OC)cc1CCl. The lowest BCUT2D eigenvalue weighted by Gasteiger charge is -2.10. The molecule has 0 aromatic heterocycles. The lowest BCUT2D eigenvalue weighted by Crippen LogP contribution is -2.07. The van der Waals surface area contributed by atoms with Gasteiger partial charge in [0, 0.05) is 5.88 Å². The molecule has 0 bridgehead atoms. The van der Waals surface area contributed by atoms with Crippen LogP contribution in [-0.2, 0) is 21.8 Å². The van der Waals surface area contributed by atoms with Crippen molar-refractivity contribution in [3.05, 3.63) is 28.8 Å². The van der Waals surface area contributed by atoms with Crippen molar-refractivity contribution < 1.29 is 14.3 Å². The number of hydrogen-bond donors (Lipinski definition) is 0. The number of nitrogens with zero attached hydrogens (tertiary/aromatic N) is 1. The quantitative estimate of drug-likeness (QED) is 0.608. The van der Waals surface area contributed by atoms with Crippen LogP contribution in [-0.4, -0.2) is 20.2 Å². The van der Waals surface area contributed by atoms with E-state index in [0.29, 0.717) is 16.9 Å². The zero-order valence-corrected chi connectivity index (χ0v) is 10.4. The largest absolute Gasteiger partial charge is 0.495 e. The minimum atomic E-state index is -0.370. The van der Waals surface area contributed by atoms with Gasteiger partial charge in [0.05, 0.1) is 26.2 Å². The Morgan fingerprint density at radius 2 is 2.12 bits per heavy atom. The van der Waals surface area contributed by atoms with E-state index in [1.807, 2.05) is 6.07 Å². The topological polar surface area (TPSA) is 59.3 Å². The molecule has 0 spiro atoms. The van der Waals surface area contributed by atoms with E-state index in [1.165, 1.54) is 14.2 Å². The highest BCUT2D eigenvalue weighted by atomic mass is 35.5. The van der Waals surface area contributed by atoms with E-state index >= 15 is 0 Å². The maximum atomic E-state index is 11.2. The van der Waals surface area contributed by atoms with Gasteiger partial charge in [-0.05, 0) is 23.3 Å². The third-order valence-corrected chi connectivity index (χ3v) is 2.64. The zero-order chi connectivity index (χ0) is 12.8. The minimum absolute atomic E-state index is 0.0945. The summed E-state index contributed by atoms with van der Waals surface area (Å²) >= 11 is 5.79. The number of rotatable bonds is 4. The molecule has 0 amide bonds. The molecule has 0 aliphatic carbocycles. The Balaban J connectivity index is 3.20. The Hall–Kier alpha value is -1.73. The second kappa shape index (κ2) is 6.12. The van der Waals surface area contributed by atoms with Crippen molar-refractivity contribution in [3.8, 4) is 11.8 Å².